The molecule has 1 aliphatic carbocycles. The molecule has 0 spiro atoms. The summed E-state index contributed by atoms with van der Waals surface area (Å²) in [6.07, 6.45) is 3.51. The highest BCUT2D eigenvalue weighted by molar-refractivity contribution is 5.85. The smallest absolute Gasteiger partial charge is 0.328 e. The SMILES string of the molecule is COC(=O)[C@@H](NC(=O)COC1CC(C)CCC1C(C)C)C(C)C. The van der Waals surface area contributed by atoms with E-state index in [1.807, 2.05) is 13.8 Å². The molecule has 0 aromatic carbocycles. The van der Waals surface area contributed by atoms with Crippen LogP contribution in [0.15, 0.2) is 0 Å². The van der Waals surface area contributed by atoms with Gasteiger partial charge < -0.3 is 14.8 Å². The topological polar surface area (TPSA) is 64.6 Å². The summed E-state index contributed by atoms with van der Waals surface area (Å²) in [5, 5.41) is 2.72. The van der Waals surface area contributed by atoms with Crippen molar-refractivity contribution >= 4 is 11.9 Å². The number of carbonyl (C=O) groups is 2. The predicted octanol–water partition coefficient (Wildman–Crippen LogP) is 2.78. The Morgan fingerprint density at radius 2 is 1.83 bits per heavy atom. The van der Waals surface area contributed by atoms with E-state index in [1.165, 1.54) is 13.5 Å². The molecule has 1 saturated carbocycles. The lowest BCUT2D eigenvalue weighted by molar-refractivity contribution is -0.147. The summed E-state index contributed by atoms with van der Waals surface area (Å²) in [4.78, 5) is 23.8. The number of methoxy groups -OCH3 is 1. The van der Waals surface area contributed by atoms with E-state index < -0.39 is 12.0 Å². The minimum absolute atomic E-state index is 0.000814. The molecule has 0 radical (unpaired) electrons. The average molecular weight is 327 g/mol. The Morgan fingerprint density at radius 3 is 2.35 bits per heavy atom. The van der Waals surface area contributed by atoms with Crippen LogP contribution in [0.25, 0.3) is 0 Å². The largest absolute Gasteiger partial charge is 0.467 e. The third kappa shape index (κ3) is 6.13. The minimum Gasteiger partial charge on any atom is -0.467 e. The van der Waals surface area contributed by atoms with E-state index in [0.717, 1.165) is 12.8 Å². The van der Waals surface area contributed by atoms with Crippen molar-refractivity contribution in [2.45, 2.75) is 66.0 Å². The van der Waals surface area contributed by atoms with Crippen molar-refractivity contribution in [3.63, 3.8) is 0 Å². The Bertz CT molecular complexity index is 394. The van der Waals surface area contributed by atoms with Crippen LogP contribution in [0.3, 0.4) is 0 Å². The van der Waals surface area contributed by atoms with Gasteiger partial charge in [-0.15, -0.1) is 0 Å². The lowest BCUT2D eigenvalue weighted by Crippen LogP contribution is -2.47. The van der Waals surface area contributed by atoms with Gasteiger partial charge in [-0.25, -0.2) is 4.79 Å². The van der Waals surface area contributed by atoms with Crippen molar-refractivity contribution in [2.75, 3.05) is 13.7 Å². The lowest BCUT2D eigenvalue weighted by atomic mass is 9.75. The minimum atomic E-state index is -0.623. The van der Waals surface area contributed by atoms with Gasteiger partial charge in [0.25, 0.3) is 0 Å². The highest BCUT2D eigenvalue weighted by Crippen LogP contribution is 2.35. The van der Waals surface area contributed by atoms with Crippen molar-refractivity contribution in [1.29, 1.82) is 0 Å². The normalized spacial score (nSPS) is 26.2. The first kappa shape index (κ1) is 19.9. The van der Waals surface area contributed by atoms with Crippen LogP contribution in [0.1, 0.15) is 53.9 Å². The fourth-order valence-electron chi connectivity index (χ4n) is 3.33. The summed E-state index contributed by atoms with van der Waals surface area (Å²) in [5.74, 6) is 0.991. The molecule has 1 N–H and O–H groups in total. The van der Waals surface area contributed by atoms with Gasteiger partial charge in [-0.1, -0.05) is 41.0 Å². The van der Waals surface area contributed by atoms with Gasteiger partial charge in [-0.3, -0.25) is 4.79 Å². The van der Waals surface area contributed by atoms with Crippen LogP contribution in [0.4, 0.5) is 0 Å². The highest BCUT2D eigenvalue weighted by atomic mass is 16.5. The molecule has 134 valence electrons. The van der Waals surface area contributed by atoms with Crippen LogP contribution in [0.5, 0.6) is 0 Å². The first-order valence-electron chi connectivity index (χ1n) is 8.75. The van der Waals surface area contributed by atoms with Gasteiger partial charge in [-0.05, 0) is 36.5 Å². The van der Waals surface area contributed by atoms with Crippen LogP contribution in [0, 0.1) is 23.7 Å². The molecule has 0 bridgehead atoms. The fourth-order valence-corrected chi connectivity index (χ4v) is 3.33. The quantitative estimate of drug-likeness (QED) is 0.730. The molecule has 1 amide bonds. The molecule has 1 rings (SSSR count). The highest BCUT2D eigenvalue weighted by Gasteiger charge is 2.32. The molecular formula is C18H33NO4. The molecule has 0 aliphatic heterocycles. The molecule has 0 aromatic rings. The molecule has 5 heteroatoms. The van der Waals surface area contributed by atoms with Crippen molar-refractivity contribution in [2.24, 2.45) is 23.7 Å². The zero-order valence-corrected chi connectivity index (χ0v) is 15.4. The number of amides is 1. The van der Waals surface area contributed by atoms with Gasteiger partial charge in [0.05, 0.1) is 13.2 Å². The third-order valence-corrected chi connectivity index (χ3v) is 4.83. The summed E-state index contributed by atoms with van der Waals surface area (Å²) in [6, 6.07) is -0.623. The van der Waals surface area contributed by atoms with Gasteiger partial charge in [0.2, 0.25) is 5.91 Å². The van der Waals surface area contributed by atoms with Crippen molar-refractivity contribution in [1.82, 2.24) is 5.32 Å². The molecule has 3 unspecified atom stereocenters. The zero-order chi connectivity index (χ0) is 17.6. The molecule has 1 fully saturated rings. The Morgan fingerprint density at radius 1 is 1.17 bits per heavy atom. The number of esters is 1. The van der Waals surface area contributed by atoms with E-state index in [1.54, 1.807) is 0 Å². The molecule has 5 nitrogen and oxygen atoms in total. The lowest BCUT2D eigenvalue weighted by Gasteiger charge is -2.37. The number of rotatable bonds is 7. The number of carbonyl (C=O) groups excluding carboxylic acids is 2. The first-order chi connectivity index (χ1) is 10.8. The summed E-state index contributed by atoms with van der Waals surface area (Å²) < 4.78 is 10.7. The summed E-state index contributed by atoms with van der Waals surface area (Å²) in [5.41, 5.74) is 0. The van der Waals surface area contributed by atoms with Crippen molar-refractivity contribution in [3.8, 4) is 0 Å². The van der Waals surface area contributed by atoms with Gasteiger partial charge >= 0.3 is 5.97 Å². The zero-order valence-electron chi connectivity index (χ0n) is 15.4. The monoisotopic (exact) mass is 327 g/mol. The number of nitrogens with one attached hydrogen (secondary N) is 1. The van der Waals surface area contributed by atoms with Crippen LogP contribution in [0.2, 0.25) is 0 Å². The molecule has 1 aliphatic rings. The second-order valence-corrected chi connectivity index (χ2v) is 7.49. The summed E-state index contributed by atoms with van der Waals surface area (Å²) in [6.45, 7) is 10.4. The van der Waals surface area contributed by atoms with E-state index in [0.29, 0.717) is 17.8 Å². The Kier molecular flexibility index (Phi) is 8.03. The summed E-state index contributed by atoms with van der Waals surface area (Å²) in [7, 11) is 1.33. The van der Waals surface area contributed by atoms with E-state index in [4.69, 9.17) is 9.47 Å². The molecule has 0 heterocycles. The van der Waals surface area contributed by atoms with E-state index in [9.17, 15) is 9.59 Å². The number of hydrogen-bond donors (Lipinski definition) is 1. The number of ether oxygens (including phenoxy) is 2. The third-order valence-electron chi connectivity index (χ3n) is 4.83. The molecule has 0 saturated heterocycles. The Hall–Kier alpha value is -1.10. The van der Waals surface area contributed by atoms with Crippen LogP contribution in [-0.4, -0.2) is 37.7 Å². The van der Waals surface area contributed by atoms with E-state index in [-0.39, 0.29) is 24.5 Å². The maximum absolute atomic E-state index is 12.1. The average Bonchev–Trinajstić information content (AvgIpc) is 2.49. The second-order valence-electron chi connectivity index (χ2n) is 7.49. The maximum Gasteiger partial charge on any atom is 0.328 e. The van der Waals surface area contributed by atoms with Crippen molar-refractivity contribution < 1.29 is 19.1 Å². The van der Waals surface area contributed by atoms with Gasteiger partial charge in [-0.2, -0.15) is 0 Å². The molecule has 4 atom stereocenters. The van der Waals surface area contributed by atoms with Gasteiger partial charge in [0.15, 0.2) is 0 Å². The van der Waals surface area contributed by atoms with Gasteiger partial charge in [0, 0.05) is 0 Å². The standard InChI is InChI=1S/C18H33NO4/c1-11(2)14-8-7-13(5)9-15(14)23-10-16(20)19-17(12(3)4)18(21)22-6/h11-15,17H,7-10H2,1-6H3,(H,19,20)/t13?,14?,15?,17-/m0/s1. The van der Waals surface area contributed by atoms with Crippen LogP contribution >= 0.6 is 0 Å². The fraction of sp³-hybridized carbons (Fsp3) is 0.889. The molecule has 23 heavy (non-hydrogen) atoms. The number of hydrogen-bond acceptors (Lipinski definition) is 4. The van der Waals surface area contributed by atoms with E-state index >= 15 is 0 Å². The Balaban J connectivity index is 2.54. The predicted molar refractivity (Wildman–Crippen MR) is 89.9 cm³/mol. The first-order valence-corrected chi connectivity index (χ1v) is 8.75. The molecule has 0 aromatic heterocycles. The van der Waals surface area contributed by atoms with Crippen LogP contribution in [-0.2, 0) is 19.1 Å². The maximum atomic E-state index is 12.1. The van der Waals surface area contributed by atoms with Crippen molar-refractivity contribution in [3.05, 3.63) is 0 Å². The van der Waals surface area contributed by atoms with Crippen LogP contribution < -0.4 is 5.32 Å². The van der Waals surface area contributed by atoms with Gasteiger partial charge in [0.1, 0.15) is 12.6 Å². The second kappa shape index (κ2) is 9.26. The summed E-state index contributed by atoms with van der Waals surface area (Å²) >= 11 is 0. The van der Waals surface area contributed by atoms with E-state index in [2.05, 4.69) is 26.1 Å². The Labute approximate surface area is 140 Å². The molecular weight excluding hydrogens is 294 g/mol.